The van der Waals surface area contributed by atoms with Crippen molar-refractivity contribution in [3.05, 3.63) is 64.2 Å². The summed E-state index contributed by atoms with van der Waals surface area (Å²) in [6, 6.07) is 11.8. The molecule has 146 valence electrons. The molecule has 0 fully saturated rings. The lowest BCUT2D eigenvalue weighted by molar-refractivity contribution is -0.141. The van der Waals surface area contributed by atoms with Gasteiger partial charge < -0.3 is 9.30 Å². The van der Waals surface area contributed by atoms with Gasteiger partial charge in [-0.3, -0.25) is 9.59 Å². The van der Waals surface area contributed by atoms with Gasteiger partial charge in [-0.1, -0.05) is 43.4 Å². The number of amides is 1. The van der Waals surface area contributed by atoms with E-state index in [1.54, 1.807) is 16.7 Å². The fourth-order valence-electron chi connectivity index (χ4n) is 2.80. The second-order valence-corrected chi connectivity index (χ2v) is 7.75. The highest BCUT2D eigenvalue weighted by Crippen LogP contribution is 2.23. The summed E-state index contributed by atoms with van der Waals surface area (Å²) in [5.41, 5.74) is 2.68. The van der Waals surface area contributed by atoms with Crippen molar-refractivity contribution in [2.45, 2.75) is 32.7 Å². The molecule has 1 amide bonds. The summed E-state index contributed by atoms with van der Waals surface area (Å²) in [6.07, 6.45) is 0.0595. The van der Waals surface area contributed by atoms with Gasteiger partial charge in [0.15, 0.2) is 4.80 Å². The number of aromatic nitrogens is 1. The minimum atomic E-state index is -0.417. The second-order valence-electron chi connectivity index (χ2n) is 6.74. The van der Waals surface area contributed by atoms with Crippen LogP contribution >= 0.6 is 11.3 Å². The first-order chi connectivity index (χ1) is 13.4. The molecule has 0 unspecified atom stereocenters. The Morgan fingerprint density at radius 2 is 1.89 bits per heavy atom. The Labute approximate surface area is 166 Å². The zero-order valence-corrected chi connectivity index (χ0v) is 16.8. The summed E-state index contributed by atoms with van der Waals surface area (Å²) < 4.78 is 20.5. The van der Waals surface area contributed by atoms with Gasteiger partial charge in [-0.2, -0.15) is 4.99 Å². The predicted octanol–water partition coefficient (Wildman–Crippen LogP) is 3.81. The van der Waals surface area contributed by atoms with Crippen molar-refractivity contribution in [3.8, 4) is 0 Å². The van der Waals surface area contributed by atoms with Crippen molar-refractivity contribution in [1.29, 1.82) is 0 Å². The second kappa shape index (κ2) is 8.48. The Bertz CT molecular complexity index is 1080. The maximum Gasteiger partial charge on any atom is 0.325 e. The monoisotopic (exact) mass is 400 g/mol. The van der Waals surface area contributed by atoms with Crippen molar-refractivity contribution >= 4 is 33.4 Å². The van der Waals surface area contributed by atoms with E-state index in [0.29, 0.717) is 16.3 Å². The quantitative estimate of drug-likeness (QED) is 0.612. The Balaban J connectivity index is 2.02. The first-order valence-electron chi connectivity index (χ1n) is 8.89. The van der Waals surface area contributed by atoms with Crippen LogP contribution in [-0.2, 0) is 27.3 Å². The van der Waals surface area contributed by atoms with E-state index < -0.39 is 5.97 Å². The minimum absolute atomic E-state index is 0.0276. The number of benzene rings is 2. The highest BCUT2D eigenvalue weighted by molar-refractivity contribution is 7.16. The fraction of sp³-hybridized carbons (Fsp3) is 0.286. The van der Waals surface area contributed by atoms with Gasteiger partial charge in [-0.15, -0.1) is 0 Å². The summed E-state index contributed by atoms with van der Waals surface area (Å²) in [6.45, 7) is 4.18. The molecular weight excluding hydrogens is 379 g/mol. The van der Waals surface area contributed by atoms with Gasteiger partial charge in [0, 0.05) is 0 Å². The van der Waals surface area contributed by atoms with Crippen molar-refractivity contribution in [3.63, 3.8) is 0 Å². The molecule has 3 rings (SSSR count). The van der Waals surface area contributed by atoms with Crippen LogP contribution < -0.4 is 4.80 Å². The van der Waals surface area contributed by atoms with Gasteiger partial charge in [0.1, 0.15) is 12.4 Å². The molecule has 3 aromatic rings. The fourth-order valence-corrected chi connectivity index (χ4v) is 3.90. The maximum atomic E-state index is 13.0. The molecule has 1 heterocycles. The normalized spacial score (nSPS) is 12.0. The van der Waals surface area contributed by atoms with E-state index in [4.69, 9.17) is 4.74 Å². The van der Waals surface area contributed by atoms with E-state index in [9.17, 15) is 14.0 Å². The molecule has 0 radical (unpaired) electrons. The Hall–Kier alpha value is -2.80. The van der Waals surface area contributed by atoms with Gasteiger partial charge in [0.25, 0.3) is 5.91 Å². The number of methoxy groups -OCH3 is 1. The third-order valence-electron chi connectivity index (χ3n) is 4.38. The average molecular weight is 400 g/mol. The summed E-state index contributed by atoms with van der Waals surface area (Å²) in [4.78, 5) is 29.0. The summed E-state index contributed by atoms with van der Waals surface area (Å²) in [5, 5.41) is 0. The van der Waals surface area contributed by atoms with Crippen LogP contribution in [0.15, 0.2) is 47.5 Å². The van der Waals surface area contributed by atoms with Crippen molar-refractivity contribution in [2.24, 2.45) is 4.99 Å². The lowest BCUT2D eigenvalue weighted by atomic mass is 10.0. The lowest BCUT2D eigenvalue weighted by Gasteiger charge is -2.06. The third-order valence-corrected chi connectivity index (χ3v) is 5.42. The van der Waals surface area contributed by atoms with Crippen LogP contribution in [0.4, 0.5) is 4.39 Å². The molecule has 0 bridgehead atoms. The first kappa shape index (κ1) is 19.9. The SMILES string of the molecule is COC(=O)Cn1c(=NC(=O)Cc2ccc(F)cc2)sc2cc(C(C)C)ccc21. The van der Waals surface area contributed by atoms with E-state index in [2.05, 4.69) is 24.9 Å². The number of rotatable bonds is 5. The van der Waals surface area contributed by atoms with Crippen LogP contribution in [0.1, 0.15) is 30.9 Å². The van der Waals surface area contributed by atoms with Crippen molar-refractivity contribution < 1.29 is 18.7 Å². The van der Waals surface area contributed by atoms with Crippen LogP contribution in [0, 0.1) is 5.82 Å². The molecular formula is C21H21FN2O3S. The molecule has 0 aliphatic heterocycles. The van der Waals surface area contributed by atoms with Gasteiger partial charge in [0.05, 0.1) is 23.7 Å². The number of esters is 1. The molecule has 0 saturated carbocycles. The Morgan fingerprint density at radius 3 is 2.54 bits per heavy atom. The van der Waals surface area contributed by atoms with E-state index in [0.717, 1.165) is 10.2 Å². The number of hydrogen-bond acceptors (Lipinski definition) is 4. The van der Waals surface area contributed by atoms with Crippen LogP contribution in [0.25, 0.3) is 10.2 Å². The number of thiazole rings is 1. The Kier molecular flexibility index (Phi) is 6.04. The van der Waals surface area contributed by atoms with Crippen LogP contribution in [-0.4, -0.2) is 23.6 Å². The molecule has 2 aromatic carbocycles. The molecule has 5 nitrogen and oxygen atoms in total. The average Bonchev–Trinajstić information content (AvgIpc) is 2.99. The Morgan fingerprint density at radius 1 is 1.18 bits per heavy atom. The molecule has 0 atom stereocenters. The minimum Gasteiger partial charge on any atom is -0.468 e. The number of halogens is 1. The number of nitrogens with zero attached hydrogens (tertiary/aromatic N) is 2. The molecule has 7 heteroatoms. The number of hydrogen-bond donors (Lipinski definition) is 0. The number of fused-ring (bicyclic) bond motifs is 1. The predicted molar refractivity (Wildman–Crippen MR) is 107 cm³/mol. The van der Waals surface area contributed by atoms with Crippen molar-refractivity contribution in [1.82, 2.24) is 4.57 Å². The smallest absolute Gasteiger partial charge is 0.325 e. The van der Waals surface area contributed by atoms with Crippen molar-refractivity contribution in [2.75, 3.05) is 7.11 Å². The highest BCUT2D eigenvalue weighted by atomic mass is 32.1. The standard InChI is InChI=1S/C21H21FN2O3S/c1-13(2)15-6-9-17-18(11-15)28-21(24(17)12-20(26)27-3)23-19(25)10-14-4-7-16(22)8-5-14/h4-9,11,13H,10,12H2,1-3H3. The highest BCUT2D eigenvalue weighted by Gasteiger charge is 2.13. The number of carbonyl (C=O) groups is 2. The van der Waals surface area contributed by atoms with Gasteiger partial charge in [0.2, 0.25) is 0 Å². The number of carbonyl (C=O) groups excluding carboxylic acids is 2. The molecule has 0 spiro atoms. The van der Waals surface area contributed by atoms with Gasteiger partial charge in [-0.05, 0) is 41.3 Å². The van der Waals surface area contributed by atoms with Gasteiger partial charge >= 0.3 is 5.97 Å². The van der Waals surface area contributed by atoms with Crippen LogP contribution in [0.5, 0.6) is 0 Å². The van der Waals surface area contributed by atoms with Crippen LogP contribution in [0.3, 0.4) is 0 Å². The maximum absolute atomic E-state index is 13.0. The topological polar surface area (TPSA) is 60.7 Å². The zero-order chi connectivity index (χ0) is 20.3. The molecule has 0 saturated heterocycles. The van der Waals surface area contributed by atoms with E-state index in [-0.39, 0.29) is 24.7 Å². The molecule has 28 heavy (non-hydrogen) atoms. The van der Waals surface area contributed by atoms with E-state index >= 15 is 0 Å². The third kappa shape index (κ3) is 4.54. The molecule has 1 aromatic heterocycles. The molecule has 0 aliphatic rings. The van der Waals surface area contributed by atoms with Gasteiger partial charge in [-0.25, -0.2) is 4.39 Å². The van der Waals surface area contributed by atoms with E-state index in [1.807, 2.05) is 12.1 Å². The molecule has 0 aliphatic carbocycles. The van der Waals surface area contributed by atoms with E-state index in [1.165, 1.54) is 36.1 Å². The van der Waals surface area contributed by atoms with Crippen LogP contribution in [0.2, 0.25) is 0 Å². The number of ether oxygens (including phenoxy) is 1. The first-order valence-corrected chi connectivity index (χ1v) is 9.71. The lowest BCUT2D eigenvalue weighted by Crippen LogP contribution is -2.22. The molecule has 0 N–H and O–H groups in total. The zero-order valence-electron chi connectivity index (χ0n) is 15.9. The summed E-state index contributed by atoms with van der Waals surface area (Å²) >= 11 is 1.36. The largest absolute Gasteiger partial charge is 0.468 e. The summed E-state index contributed by atoms with van der Waals surface area (Å²) in [7, 11) is 1.32. The summed E-state index contributed by atoms with van der Waals surface area (Å²) in [5.74, 6) is -0.767.